The summed E-state index contributed by atoms with van der Waals surface area (Å²) in [5.74, 6) is 0.217. The number of halogens is 1. The number of ether oxygens (including phenoxy) is 3. The van der Waals surface area contributed by atoms with E-state index in [1.807, 2.05) is 19.1 Å². The maximum absolute atomic E-state index is 12.4. The van der Waals surface area contributed by atoms with Crippen molar-refractivity contribution in [2.24, 2.45) is 0 Å². The van der Waals surface area contributed by atoms with E-state index in [2.05, 4.69) is 0 Å². The van der Waals surface area contributed by atoms with Crippen molar-refractivity contribution in [2.75, 3.05) is 6.79 Å². The lowest BCUT2D eigenvalue weighted by Gasteiger charge is -2.08. The van der Waals surface area contributed by atoms with Crippen LogP contribution < -0.4 is 15.1 Å². The van der Waals surface area contributed by atoms with Crippen LogP contribution in [0, 0.1) is 6.92 Å². The standard InChI is InChI=1S/C19H13ClO6/c1-10-2-3-13-12(7-17(21)26-15(13)4-10)8-23-19(22)11-5-14(20)18-16(6-11)24-9-25-18/h2-7H,8-9H2,1H3. The van der Waals surface area contributed by atoms with E-state index in [0.29, 0.717) is 28.0 Å². The monoisotopic (exact) mass is 372 g/mol. The molecule has 1 aliphatic heterocycles. The molecule has 0 N–H and O–H groups in total. The van der Waals surface area contributed by atoms with E-state index in [4.69, 9.17) is 30.2 Å². The predicted molar refractivity (Wildman–Crippen MR) is 93.9 cm³/mol. The molecule has 132 valence electrons. The molecule has 0 atom stereocenters. The van der Waals surface area contributed by atoms with Crippen LogP contribution in [0.1, 0.15) is 21.5 Å². The fourth-order valence-electron chi connectivity index (χ4n) is 2.77. The third-order valence-corrected chi connectivity index (χ3v) is 4.29. The van der Waals surface area contributed by atoms with Crippen molar-refractivity contribution in [2.45, 2.75) is 13.5 Å². The Labute approximate surface area is 152 Å². The zero-order valence-corrected chi connectivity index (χ0v) is 14.5. The van der Waals surface area contributed by atoms with Gasteiger partial charge in [0.25, 0.3) is 0 Å². The van der Waals surface area contributed by atoms with E-state index in [9.17, 15) is 9.59 Å². The Bertz CT molecular complexity index is 1090. The smallest absolute Gasteiger partial charge is 0.338 e. The van der Waals surface area contributed by atoms with Crippen LogP contribution in [0.5, 0.6) is 11.5 Å². The molecule has 7 heteroatoms. The summed E-state index contributed by atoms with van der Waals surface area (Å²) in [6.07, 6.45) is 0. The average Bonchev–Trinajstić information content (AvgIpc) is 3.08. The van der Waals surface area contributed by atoms with Crippen molar-refractivity contribution in [3.63, 3.8) is 0 Å². The minimum absolute atomic E-state index is 0.0543. The molecule has 3 aromatic rings. The number of rotatable bonds is 3. The second-order valence-electron chi connectivity index (χ2n) is 5.86. The first kappa shape index (κ1) is 16.5. The average molecular weight is 373 g/mol. The van der Waals surface area contributed by atoms with Crippen molar-refractivity contribution in [1.29, 1.82) is 0 Å². The van der Waals surface area contributed by atoms with Crippen molar-refractivity contribution in [3.05, 3.63) is 68.5 Å². The molecule has 0 saturated heterocycles. The number of carbonyl (C=O) groups is 1. The van der Waals surface area contributed by atoms with Gasteiger partial charge in [0.05, 0.1) is 10.6 Å². The molecule has 6 nitrogen and oxygen atoms in total. The number of carbonyl (C=O) groups excluding carboxylic acids is 1. The Morgan fingerprint density at radius 3 is 2.88 bits per heavy atom. The topological polar surface area (TPSA) is 75.0 Å². The Kier molecular flexibility index (Phi) is 4.05. The molecule has 0 unspecified atom stereocenters. The van der Waals surface area contributed by atoms with Gasteiger partial charge in [0.1, 0.15) is 12.2 Å². The molecule has 0 spiro atoms. The first-order valence-electron chi connectivity index (χ1n) is 7.81. The quantitative estimate of drug-likeness (QED) is 0.513. The van der Waals surface area contributed by atoms with Gasteiger partial charge in [0, 0.05) is 17.0 Å². The SMILES string of the molecule is Cc1ccc2c(COC(=O)c3cc(Cl)c4c(c3)OCO4)cc(=O)oc2c1. The van der Waals surface area contributed by atoms with E-state index in [1.165, 1.54) is 18.2 Å². The van der Waals surface area contributed by atoms with E-state index in [1.54, 1.807) is 6.07 Å². The highest BCUT2D eigenvalue weighted by Gasteiger charge is 2.21. The molecule has 0 radical (unpaired) electrons. The summed E-state index contributed by atoms with van der Waals surface area (Å²) in [6.45, 7) is 1.88. The van der Waals surface area contributed by atoms with Crippen LogP contribution in [0.3, 0.4) is 0 Å². The maximum atomic E-state index is 12.4. The van der Waals surface area contributed by atoms with Crippen LogP contribution in [-0.2, 0) is 11.3 Å². The first-order valence-corrected chi connectivity index (χ1v) is 8.19. The van der Waals surface area contributed by atoms with E-state index in [-0.39, 0.29) is 24.0 Å². The van der Waals surface area contributed by atoms with Crippen LogP contribution in [0.4, 0.5) is 0 Å². The van der Waals surface area contributed by atoms with Gasteiger partial charge < -0.3 is 18.6 Å². The molecule has 2 aromatic carbocycles. The number of aryl methyl sites for hydroxylation is 1. The van der Waals surface area contributed by atoms with Crippen molar-refractivity contribution >= 4 is 28.5 Å². The molecule has 26 heavy (non-hydrogen) atoms. The lowest BCUT2D eigenvalue weighted by Crippen LogP contribution is -2.08. The lowest BCUT2D eigenvalue weighted by atomic mass is 10.1. The Morgan fingerprint density at radius 2 is 2.04 bits per heavy atom. The van der Waals surface area contributed by atoms with Gasteiger partial charge in [0.2, 0.25) is 6.79 Å². The summed E-state index contributed by atoms with van der Waals surface area (Å²) in [6, 6.07) is 9.77. The third-order valence-electron chi connectivity index (χ3n) is 4.01. The van der Waals surface area contributed by atoms with Crippen LogP contribution in [0.15, 0.2) is 45.6 Å². The molecule has 4 rings (SSSR count). The third kappa shape index (κ3) is 2.99. The predicted octanol–water partition coefficient (Wildman–Crippen LogP) is 3.84. The van der Waals surface area contributed by atoms with Gasteiger partial charge in [-0.3, -0.25) is 0 Å². The van der Waals surface area contributed by atoms with Gasteiger partial charge in [-0.05, 0) is 30.7 Å². The number of hydrogen-bond acceptors (Lipinski definition) is 6. The van der Waals surface area contributed by atoms with Crippen molar-refractivity contribution < 1.29 is 23.4 Å². The van der Waals surface area contributed by atoms with Crippen LogP contribution >= 0.6 is 11.6 Å². The highest BCUT2D eigenvalue weighted by molar-refractivity contribution is 6.32. The summed E-state index contributed by atoms with van der Waals surface area (Å²) >= 11 is 6.08. The maximum Gasteiger partial charge on any atom is 0.338 e. The summed E-state index contributed by atoms with van der Waals surface area (Å²) in [5.41, 5.74) is 1.72. The molecule has 0 saturated carbocycles. The molecule has 0 fully saturated rings. The molecule has 0 aliphatic carbocycles. The number of fused-ring (bicyclic) bond motifs is 2. The summed E-state index contributed by atoms with van der Waals surface area (Å²) < 4.78 is 21.0. The van der Waals surface area contributed by atoms with Crippen LogP contribution in [-0.4, -0.2) is 12.8 Å². The molecule has 2 heterocycles. The van der Waals surface area contributed by atoms with Gasteiger partial charge in [-0.1, -0.05) is 23.7 Å². The van der Waals surface area contributed by atoms with Gasteiger partial charge in [-0.15, -0.1) is 0 Å². The minimum Gasteiger partial charge on any atom is -0.457 e. The van der Waals surface area contributed by atoms with E-state index >= 15 is 0 Å². The van der Waals surface area contributed by atoms with E-state index < -0.39 is 11.6 Å². The molecular formula is C19H13ClO6. The molecule has 1 aliphatic rings. The normalized spacial score (nSPS) is 12.4. The zero-order chi connectivity index (χ0) is 18.3. The lowest BCUT2D eigenvalue weighted by molar-refractivity contribution is 0.0473. The molecule has 0 bridgehead atoms. The second kappa shape index (κ2) is 6.38. The number of esters is 1. The summed E-state index contributed by atoms with van der Waals surface area (Å²) in [7, 11) is 0. The van der Waals surface area contributed by atoms with Crippen molar-refractivity contribution in [3.8, 4) is 11.5 Å². The highest BCUT2D eigenvalue weighted by atomic mass is 35.5. The van der Waals surface area contributed by atoms with Crippen LogP contribution in [0.2, 0.25) is 5.02 Å². The fourth-order valence-corrected chi connectivity index (χ4v) is 3.03. The number of benzene rings is 2. The highest BCUT2D eigenvalue weighted by Crippen LogP contribution is 2.40. The second-order valence-corrected chi connectivity index (χ2v) is 6.27. The minimum atomic E-state index is -0.585. The largest absolute Gasteiger partial charge is 0.457 e. The fraction of sp³-hybridized carbons (Fsp3) is 0.158. The van der Waals surface area contributed by atoms with Crippen LogP contribution in [0.25, 0.3) is 11.0 Å². The van der Waals surface area contributed by atoms with Gasteiger partial charge >= 0.3 is 11.6 Å². The van der Waals surface area contributed by atoms with Crippen molar-refractivity contribution in [1.82, 2.24) is 0 Å². The summed E-state index contributed by atoms with van der Waals surface area (Å²) in [4.78, 5) is 24.1. The molecule has 0 amide bonds. The number of hydrogen-bond donors (Lipinski definition) is 0. The van der Waals surface area contributed by atoms with Gasteiger partial charge in [0.15, 0.2) is 11.5 Å². The van der Waals surface area contributed by atoms with E-state index in [0.717, 1.165) is 5.56 Å². The Balaban J connectivity index is 1.60. The zero-order valence-electron chi connectivity index (χ0n) is 13.7. The Morgan fingerprint density at radius 1 is 1.19 bits per heavy atom. The van der Waals surface area contributed by atoms with Gasteiger partial charge in [-0.25, -0.2) is 9.59 Å². The Hall–Kier alpha value is -2.99. The van der Waals surface area contributed by atoms with Gasteiger partial charge in [-0.2, -0.15) is 0 Å². The molecule has 1 aromatic heterocycles. The molecular weight excluding hydrogens is 360 g/mol. The summed E-state index contributed by atoms with van der Waals surface area (Å²) in [5, 5.41) is 0.986. The first-order chi connectivity index (χ1) is 12.5.